The molecule has 0 bridgehead atoms. The molecule has 25 heavy (non-hydrogen) atoms. The maximum Gasteiger partial charge on any atom is 0.422 e. The first kappa shape index (κ1) is 18.5. The van der Waals surface area contributed by atoms with E-state index in [1.54, 1.807) is 0 Å². The van der Waals surface area contributed by atoms with Crippen molar-refractivity contribution >= 4 is 29.1 Å². The number of hydrogen-bond acceptors (Lipinski definition) is 5. The predicted molar refractivity (Wildman–Crippen MR) is 81.5 cm³/mol. The molecule has 1 aromatic carbocycles. The number of ether oxygens (including phenoxy) is 1. The first-order valence-corrected chi connectivity index (χ1v) is 6.96. The van der Waals surface area contributed by atoms with E-state index in [1.807, 2.05) is 0 Å². The number of nitrogens with one attached hydrogen (secondary N) is 1. The van der Waals surface area contributed by atoms with E-state index in [-0.39, 0.29) is 27.8 Å². The molecule has 1 heterocycles. The van der Waals surface area contributed by atoms with Gasteiger partial charge in [-0.05, 0) is 18.2 Å². The average Bonchev–Trinajstić information content (AvgIpc) is 2.53. The van der Waals surface area contributed by atoms with Crippen molar-refractivity contribution in [2.24, 2.45) is 5.73 Å². The molecule has 1 aromatic heterocycles. The Labute approximate surface area is 144 Å². The highest BCUT2D eigenvalue weighted by molar-refractivity contribution is 6.32. The minimum atomic E-state index is -4.51. The van der Waals surface area contributed by atoms with Crippen LogP contribution in [0, 0.1) is 0 Å². The number of primary amides is 1. The van der Waals surface area contributed by atoms with Crippen LogP contribution in [-0.4, -0.2) is 34.6 Å². The van der Waals surface area contributed by atoms with E-state index in [4.69, 9.17) is 17.3 Å². The summed E-state index contributed by atoms with van der Waals surface area (Å²) in [5, 5.41) is 2.24. The van der Waals surface area contributed by atoms with Crippen LogP contribution in [0.25, 0.3) is 0 Å². The Morgan fingerprint density at radius 2 is 1.84 bits per heavy atom. The summed E-state index contributed by atoms with van der Waals surface area (Å²) in [5.41, 5.74) is 4.63. The van der Waals surface area contributed by atoms with Crippen molar-refractivity contribution in [1.29, 1.82) is 0 Å². The lowest BCUT2D eigenvalue weighted by Gasteiger charge is -2.12. The van der Waals surface area contributed by atoms with Crippen LogP contribution in [0.4, 0.5) is 18.9 Å². The quantitative estimate of drug-likeness (QED) is 0.835. The average molecular weight is 375 g/mol. The Morgan fingerprint density at radius 3 is 2.40 bits per heavy atom. The fourth-order valence-electron chi connectivity index (χ4n) is 1.73. The van der Waals surface area contributed by atoms with Crippen LogP contribution in [0.1, 0.15) is 21.0 Å². The normalized spacial score (nSPS) is 11.0. The summed E-state index contributed by atoms with van der Waals surface area (Å²) in [5.74, 6) is -1.93. The summed E-state index contributed by atoms with van der Waals surface area (Å²) in [7, 11) is 0. The second kappa shape index (κ2) is 7.34. The first-order valence-electron chi connectivity index (χ1n) is 6.58. The van der Waals surface area contributed by atoms with Crippen molar-refractivity contribution in [1.82, 2.24) is 9.97 Å². The van der Waals surface area contributed by atoms with Crippen LogP contribution >= 0.6 is 11.6 Å². The summed E-state index contributed by atoms with van der Waals surface area (Å²) in [6.07, 6.45) is -2.11. The molecule has 0 spiro atoms. The van der Waals surface area contributed by atoms with Crippen molar-refractivity contribution in [3.8, 4) is 5.75 Å². The molecule has 7 nitrogen and oxygen atoms in total. The van der Waals surface area contributed by atoms with Crippen molar-refractivity contribution in [3.63, 3.8) is 0 Å². The van der Waals surface area contributed by atoms with E-state index in [0.717, 1.165) is 6.07 Å². The van der Waals surface area contributed by atoms with Crippen LogP contribution in [0.2, 0.25) is 5.02 Å². The van der Waals surface area contributed by atoms with Gasteiger partial charge in [-0.3, -0.25) is 9.59 Å². The molecule has 0 fully saturated rings. The van der Waals surface area contributed by atoms with E-state index in [0.29, 0.717) is 0 Å². The summed E-state index contributed by atoms with van der Waals surface area (Å²) in [6, 6.07) is 3.62. The van der Waals surface area contributed by atoms with E-state index in [9.17, 15) is 22.8 Å². The third-order valence-electron chi connectivity index (χ3n) is 2.73. The standard InChI is InChI=1S/C14H10ClF3N4O3/c15-8-5-7(1-2-9(8)25-6-14(16,17)18)22-13(24)11-10(12(19)23)20-3-4-21-11/h1-5H,6H2,(H2,19,23)(H,22,24). The number of anilines is 1. The molecular formula is C14H10ClF3N4O3. The Hall–Kier alpha value is -2.88. The van der Waals surface area contributed by atoms with Gasteiger partial charge < -0.3 is 15.8 Å². The lowest BCUT2D eigenvalue weighted by Crippen LogP contribution is -2.23. The van der Waals surface area contributed by atoms with Gasteiger partial charge >= 0.3 is 6.18 Å². The molecule has 0 saturated heterocycles. The van der Waals surface area contributed by atoms with Gasteiger partial charge in [-0.1, -0.05) is 11.6 Å². The summed E-state index contributed by atoms with van der Waals surface area (Å²) < 4.78 is 41.0. The Morgan fingerprint density at radius 1 is 1.20 bits per heavy atom. The molecule has 11 heteroatoms. The van der Waals surface area contributed by atoms with Gasteiger partial charge in [0.2, 0.25) is 0 Å². The summed E-state index contributed by atoms with van der Waals surface area (Å²) >= 11 is 5.82. The fourth-order valence-corrected chi connectivity index (χ4v) is 1.97. The van der Waals surface area contributed by atoms with E-state index in [2.05, 4.69) is 20.0 Å². The maximum atomic E-state index is 12.1. The van der Waals surface area contributed by atoms with Crippen LogP contribution in [0.15, 0.2) is 30.6 Å². The molecule has 0 unspecified atom stereocenters. The van der Waals surface area contributed by atoms with Crippen LogP contribution < -0.4 is 15.8 Å². The van der Waals surface area contributed by atoms with E-state index >= 15 is 0 Å². The minimum Gasteiger partial charge on any atom is -0.483 e. The number of halogens is 4. The van der Waals surface area contributed by atoms with E-state index < -0.39 is 24.6 Å². The van der Waals surface area contributed by atoms with Gasteiger partial charge in [0, 0.05) is 18.1 Å². The Balaban J connectivity index is 2.15. The molecule has 0 aliphatic heterocycles. The number of amides is 2. The summed E-state index contributed by atoms with van der Waals surface area (Å²) in [6.45, 7) is -1.50. The summed E-state index contributed by atoms with van der Waals surface area (Å²) in [4.78, 5) is 30.8. The molecule has 0 aliphatic carbocycles. The third kappa shape index (κ3) is 5.05. The molecule has 0 saturated carbocycles. The molecule has 132 valence electrons. The van der Waals surface area contributed by atoms with Crippen molar-refractivity contribution in [3.05, 3.63) is 47.0 Å². The largest absolute Gasteiger partial charge is 0.483 e. The molecule has 0 radical (unpaired) electrons. The van der Waals surface area contributed by atoms with Crippen molar-refractivity contribution in [2.75, 3.05) is 11.9 Å². The lowest BCUT2D eigenvalue weighted by molar-refractivity contribution is -0.153. The number of carbonyl (C=O) groups is 2. The lowest BCUT2D eigenvalue weighted by atomic mass is 10.2. The van der Waals surface area contributed by atoms with Gasteiger partial charge in [-0.2, -0.15) is 13.2 Å². The van der Waals surface area contributed by atoms with Gasteiger partial charge in [0.05, 0.1) is 5.02 Å². The number of alkyl halides is 3. The monoisotopic (exact) mass is 374 g/mol. The number of nitrogens with two attached hydrogens (primary N) is 1. The van der Waals surface area contributed by atoms with Gasteiger partial charge in [0.25, 0.3) is 11.8 Å². The van der Waals surface area contributed by atoms with Crippen LogP contribution in [0.5, 0.6) is 5.75 Å². The third-order valence-corrected chi connectivity index (χ3v) is 3.02. The predicted octanol–water partition coefficient (Wildman–Crippen LogP) is 2.42. The Bertz CT molecular complexity index is 814. The minimum absolute atomic E-state index is 0.142. The zero-order valence-electron chi connectivity index (χ0n) is 12.3. The van der Waals surface area contributed by atoms with E-state index in [1.165, 1.54) is 24.5 Å². The molecule has 3 N–H and O–H groups in total. The number of hydrogen-bond donors (Lipinski definition) is 2. The number of aromatic nitrogens is 2. The van der Waals surface area contributed by atoms with Crippen LogP contribution in [0.3, 0.4) is 0 Å². The number of carbonyl (C=O) groups excluding carboxylic acids is 2. The van der Waals surface area contributed by atoms with Gasteiger partial charge in [0.1, 0.15) is 5.75 Å². The Kier molecular flexibility index (Phi) is 5.42. The smallest absolute Gasteiger partial charge is 0.422 e. The highest BCUT2D eigenvalue weighted by Crippen LogP contribution is 2.29. The molecule has 2 rings (SSSR count). The first-order chi connectivity index (χ1) is 11.7. The highest BCUT2D eigenvalue weighted by atomic mass is 35.5. The topological polar surface area (TPSA) is 107 Å². The van der Waals surface area contributed by atoms with Gasteiger partial charge in [-0.15, -0.1) is 0 Å². The SMILES string of the molecule is NC(=O)c1nccnc1C(=O)Nc1ccc(OCC(F)(F)F)c(Cl)c1. The van der Waals surface area contributed by atoms with Crippen LogP contribution in [-0.2, 0) is 0 Å². The molecule has 0 aliphatic rings. The van der Waals surface area contributed by atoms with Gasteiger partial charge in [0.15, 0.2) is 18.0 Å². The van der Waals surface area contributed by atoms with Gasteiger partial charge in [-0.25, -0.2) is 9.97 Å². The highest BCUT2D eigenvalue weighted by Gasteiger charge is 2.28. The fraction of sp³-hybridized carbons (Fsp3) is 0.143. The van der Waals surface area contributed by atoms with Crippen molar-refractivity contribution < 1.29 is 27.5 Å². The second-order valence-corrected chi connectivity index (χ2v) is 5.03. The zero-order valence-corrected chi connectivity index (χ0v) is 13.1. The molecule has 2 amide bonds. The number of nitrogens with zero attached hydrogens (tertiary/aromatic N) is 2. The van der Waals surface area contributed by atoms with Crippen molar-refractivity contribution in [2.45, 2.75) is 6.18 Å². The number of rotatable bonds is 5. The number of benzene rings is 1. The zero-order chi connectivity index (χ0) is 18.6. The molecular weight excluding hydrogens is 365 g/mol. The molecule has 0 atom stereocenters. The molecule has 2 aromatic rings. The second-order valence-electron chi connectivity index (χ2n) is 4.62. The maximum absolute atomic E-state index is 12.1.